The van der Waals surface area contributed by atoms with Crippen molar-refractivity contribution in [3.05, 3.63) is 50.2 Å². The number of hydrogen-bond donors (Lipinski definition) is 2. The molecule has 1 aromatic heterocycles. The molecule has 27 heavy (non-hydrogen) atoms. The summed E-state index contributed by atoms with van der Waals surface area (Å²) in [6, 6.07) is 6.83. The van der Waals surface area contributed by atoms with Crippen molar-refractivity contribution in [3.8, 4) is 0 Å². The predicted octanol–water partition coefficient (Wildman–Crippen LogP) is 4.54. The quantitative estimate of drug-likeness (QED) is 0.598. The lowest BCUT2D eigenvalue weighted by molar-refractivity contribution is 0.0937. The molecule has 0 aliphatic heterocycles. The Labute approximate surface area is 169 Å². The molecule has 0 atom stereocenters. The van der Waals surface area contributed by atoms with Crippen molar-refractivity contribution in [3.63, 3.8) is 0 Å². The van der Waals surface area contributed by atoms with Gasteiger partial charge in [0.05, 0.1) is 22.1 Å². The largest absolute Gasteiger partial charge is 0.383 e. The molecule has 5 nitrogen and oxygen atoms in total. The summed E-state index contributed by atoms with van der Waals surface area (Å²) >= 11 is 7.76. The third-order valence-corrected chi connectivity index (χ3v) is 5.59. The first-order valence-corrected chi connectivity index (χ1v) is 10.2. The average molecular weight is 409 g/mol. The fraction of sp³-hybridized carbons (Fsp3) is 0.400. The number of rotatable bonds is 9. The Bertz CT molecular complexity index is 805. The minimum atomic E-state index is -0.273. The van der Waals surface area contributed by atoms with Crippen LogP contribution in [-0.4, -0.2) is 32.1 Å². The molecular weight excluding hydrogens is 384 g/mol. The molecular formula is C20H25ClN2O3S. The third-order valence-electron chi connectivity index (χ3n) is 4.04. The van der Waals surface area contributed by atoms with Gasteiger partial charge in [-0.1, -0.05) is 31.9 Å². The van der Waals surface area contributed by atoms with E-state index in [1.807, 2.05) is 6.07 Å². The first-order valence-electron chi connectivity index (χ1n) is 8.99. The highest BCUT2D eigenvalue weighted by Crippen LogP contribution is 2.26. The Balaban J connectivity index is 2.08. The zero-order chi connectivity index (χ0) is 19.8. The van der Waals surface area contributed by atoms with E-state index in [1.54, 1.807) is 25.3 Å². The second kappa shape index (κ2) is 10.4. The molecule has 7 heteroatoms. The molecule has 0 aliphatic rings. The highest BCUT2D eigenvalue weighted by molar-refractivity contribution is 7.14. The van der Waals surface area contributed by atoms with Crippen LogP contribution in [0.25, 0.3) is 0 Å². The Morgan fingerprint density at radius 2 is 1.96 bits per heavy atom. The number of carbonyl (C=O) groups is 2. The van der Waals surface area contributed by atoms with Gasteiger partial charge in [0.15, 0.2) is 0 Å². The van der Waals surface area contributed by atoms with Gasteiger partial charge in [0.1, 0.15) is 0 Å². The van der Waals surface area contributed by atoms with Gasteiger partial charge in [0, 0.05) is 24.2 Å². The standard InChI is InChI=1S/C20H25ClN2O3S/c1-4-6-17-13(5-2)11-18(27-17)20(25)23-14-7-8-15(16(21)12-14)19(24)22-9-10-26-3/h7-8,11-12H,4-6,9-10H2,1-3H3,(H,22,24)(H,23,25). The van der Waals surface area contributed by atoms with Crippen LogP contribution in [0.2, 0.25) is 5.02 Å². The van der Waals surface area contributed by atoms with Gasteiger partial charge in [-0.15, -0.1) is 11.3 Å². The lowest BCUT2D eigenvalue weighted by atomic mass is 10.1. The molecule has 0 spiro atoms. The van der Waals surface area contributed by atoms with E-state index in [9.17, 15) is 9.59 Å². The van der Waals surface area contributed by atoms with Crippen molar-refractivity contribution in [2.75, 3.05) is 25.6 Å². The second-order valence-electron chi connectivity index (χ2n) is 6.06. The van der Waals surface area contributed by atoms with E-state index < -0.39 is 0 Å². The van der Waals surface area contributed by atoms with Crippen molar-refractivity contribution >= 4 is 40.4 Å². The second-order valence-corrected chi connectivity index (χ2v) is 7.60. The molecule has 0 unspecified atom stereocenters. The van der Waals surface area contributed by atoms with Crippen LogP contribution in [0.4, 0.5) is 5.69 Å². The molecule has 0 saturated carbocycles. The Morgan fingerprint density at radius 3 is 2.59 bits per heavy atom. The molecule has 2 amide bonds. The van der Waals surface area contributed by atoms with Crippen LogP contribution in [-0.2, 0) is 17.6 Å². The highest BCUT2D eigenvalue weighted by atomic mass is 35.5. The molecule has 0 fully saturated rings. The van der Waals surface area contributed by atoms with E-state index in [0.717, 1.165) is 19.3 Å². The average Bonchev–Trinajstić information content (AvgIpc) is 3.05. The monoisotopic (exact) mass is 408 g/mol. The van der Waals surface area contributed by atoms with Crippen LogP contribution in [0, 0.1) is 0 Å². The number of ether oxygens (including phenoxy) is 1. The molecule has 0 aliphatic carbocycles. The first-order chi connectivity index (χ1) is 13.0. The van der Waals surface area contributed by atoms with E-state index in [-0.39, 0.29) is 16.8 Å². The SMILES string of the molecule is CCCc1sc(C(=O)Nc2ccc(C(=O)NCCOC)c(Cl)c2)cc1CC. The summed E-state index contributed by atoms with van der Waals surface area (Å²) in [5.41, 5.74) is 2.15. The molecule has 0 saturated heterocycles. The van der Waals surface area contributed by atoms with Crippen molar-refractivity contribution in [1.82, 2.24) is 5.32 Å². The van der Waals surface area contributed by atoms with Gasteiger partial charge in [-0.05, 0) is 42.7 Å². The molecule has 2 N–H and O–H groups in total. The number of benzene rings is 1. The summed E-state index contributed by atoms with van der Waals surface area (Å²) in [6.07, 6.45) is 2.95. The lowest BCUT2D eigenvalue weighted by Crippen LogP contribution is -2.27. The molecule has 1 heterocycles. The highest BCUT2D eigenvalue weighted by Gasteiger charge is 2.15. The Morgan fingerprint density at radius 1 is 1.19 bits per heavy atom. The number of thiophene rings is 1. The smallest absolute Gasteiger partial charge is 0.265 e. The lowest BCUT2D eigenvalue weighted by Gasteiger charge is -2.09. The number of halogens is 1. The van der Waals surface area contributed by atoms with E-state index >= 15 is 0 Å². The number of methoxy groups -OCH3 is 1. The predicted molar refractivity (Wildman–Crippen MR) is 111 cm³/mol. The van der Waals surface area contributed by atoms with Crippen LogP contribution < -0.4 is 10.6 Å². The maximum atomic E-state index is 12.6. The summed E-state index contributed by atoms with van der Waals surface area (Å²) in [5.74, 6) is -0.435. The normalized spacial score (nSPS) is 10.7. The van der Waals surface area contributed by atoms with Crippen LogP contribution in [0.3, 0.4) is 0 Å². The molecule has 2 aromatic rings. The number of carbonyl (C=O) groups excluding carboxylic acids is 2. The zero-order valence-electron chi connectivity index (χ0n) is 15.9. The minimum Gasteiger partial charge on any atom is -0.383 e. The summed E-state index contributed by atoms with van der Waals surface area (Å²) in [7, 11) is 1.57. The summed E-state index contributed by atoms with van der Waals surface area (Å²) in [5, 5.41) is 5.87. The van der Waals surface area contributed by atoms with Gasteiger partial charge in [-0.25, -0.2) is 0 Å². The summed E-state index contributed by atoms with van der Waals surface area (Å²) < 4.78 is 4.90. The van der Waals surface area contributed by atoms with Crippen molar-refractivity contribution in [2.24, 2.45) is 0 Å². The maximum Gasteiger partial charge on any atom is 0.265 e. The van der Waals surface area contributed by atoms with Crippen molar-refractivity contribution < 1.29 is 14.3 Å². The number of nitrogens with one attached hydrogen (secondary N) is 2. The van der Waals surface area contributed by atoms with Crippen LogP contribution in [0.5, 0.6) is 0 Å². The van der Waals surface area contributed by atoms with E-state index in [4.69, 9.17) is 16.3 Å². The minimum absolute atomic E-state index is 0.162. The van der Waals surface area contributed by atoms with E-state index in [2.05, 4.69) is 24.5 Å². The van der Waals surface area contributed by atoms with E-state index in [1.165, 1.54) is 21.8 Å². The molecule has 1 aromatic carbocycles. The molecule has 146 valence electrons. The number of amides is 2. The Kier molecular flexibility index (Phi) is 8.28. The van der Waals surface area contributed by atoms with Gasteiger partial charge in [0.25, 0.3) is 11.8 Å². The summed E-state index contributed by atoms with van der Waals surface area (Å²) in [6.45, 7) is 5.06. The van der Waals surface area contributed by atoms with Crippen molar-refractivity contribution in [2.45, 2.75) is 33.1 Å². The topological polar surface area (TPSA) is 67.4 Å². The van der Waals surface area contributed by atoms with E-state index in [0.29, 0.717) is 29.3 Å². The fourth-order valence-electron chi connectivity index (χ4n) is 2.65. The van der Waals surface area contributed by atoms with Gasteiger partial charge in [-0.3, -0.25) is 9.59 Å². The summed E-state index contributed by atoms with van der Waals surface area (Å²) in [4.78, 5) is 26.6. The van der Waals surface area contributed by atoms with Gasteiger partial charge < -0.3 is 15.4 Å². The Hall–Kier alpha value is -1.89. The molecule has 2 rings (SSSR count). The third kappa shape index (κ3) is 5.79. The van der Waals surface area contributed by atoms with Crippen LogP contribution in [0.15, 0.2) is 24.3 Å². The fourth-order valence-corrected chi connectivity index (χ4v) is 4.17. The van der Waals surface area contributed by atoms with Crippen molar-refractivity contribution in [1.29, 1.82) is 0 Å². The zero-order valence-corrected chi connectivity index (χ0v) is 17.4. The van der Waals surface area contributed by atoms with Crippen LogP contribution >= 0.6 is 22.9 Å². The van der Waals surface area contributed by atoms with Gasteiger partial charge >= 0.3 is 0 Å². The first kappa shape index (κ1) is 21.4. The van der Waals surface area contributed by atoms with Gasteiger partial charge in [-0.2, -0.15) is 0 Å². The molecule has 0 radical (unpaired) electrons. The van der Waals surface area contributed by atoms with Crippen LogP contribution in [0.1, 0.15) is 50.7 Å². The number of aryl methyl sites for hydroxylation is 2. The number of hydrogen-bond acceptors (Lipinski definition) is 4. The molecule has 0 bridgehead atoms. The maximum absolute atomic E-state index is 12.6. The number of anilines is 1. The van der Waals surface area contributed by atoms with Gasteiger partial charge in [0.2, 0.25) is 0 Å².